The first-order valence-electron chi connectivity index (χ1n) is 4.90. The van der Waals surface area contributed by atoms with Gasteiger partial charge in [0.05, 0.1) is 0 Å². The van der Waals surface area contributed by atoms with Gasteiger partial charge < -0.3 is 4.90 Å². The molecule has 1 saturated carbocycles. The van der Waals surface area contributed by atoms with E-state index in [1.165, 1.54) is 19.3 Å². The lowest BCUT2D eigenvalue weighted by atomic mass is 9.91. The summed E-state index contributed by atoms with van der Waals surface area (Å²) in [6.07, 6.45) is 5.55. The lowest BCUT2D eigenvalue weighted by molar-refractivity contribution is 0.401. The van der Waals surface area contributed by atoms with Crippen LogP contribution in [0.3, 0.4) is 0 Å². The minimum Gasteiger partial charge on any atom is -0.371 e. The van der Waals surface area contributed by atoms with Crippen LogP contribution in [0.2, 0.25) is 0 Å². The molecule has 0 unspecified atom stereocenters. The van der Waals surface area contributed by atoms with Crippen LogP contribution in [0.5, 0.6) is 0 Å². The van der Waals surface area contributed by atoms with Crippen LogP contribution in [-0.2, 0) is 0 Å². The molecule has 1 aromatic rings. The monoisotopic (exact) mass is 187 g/mol. The number of nitriles is 1. The molecule has 1 aliphatic carbocycles. The Morgan fingerprint density at radius 3 is 2.93 bits per heavy atom. The molecule has 0 aliphatic heterocycles. The molecular weight excluding hydrogens is 174 g/mol. The highest BCUT2D eigenvalue weighted by Gasteiger charge is 2.22. The number of hydrogen-bond acceptors (Lipinski definition) is 3. The summed E-state index contributed by atoms with van der Waals surface area (Å²) in [5.74, 6) is 0. The van der Waals surface area contributed by atoms with E-state index in [2.05, 4.69) is 23.0 Å². The van der Waals surface area contributed by atoms with E-state index in [4.69, 9.17) is 5.26 Å². The van der Waals surface area contributed by atoms with Crippen molar-refractivity contribution in [1.82, 2.24) is 4.98 Å². The molecule has 0 saturated heterocycles. The maximum absolute atomic E-state index is 8.72. The Labute approximate surface area is 84.0 Å². The third kappa shape index (κ3) is 1.56. The molecular formula is C11H13N3. The van der Waals surface area contributed by atoms with Crippen molar-refractivity contribution in [2.75, 3.05) is 11.9 Å². The molecule has 0 spiro atoms. The van der Waals surface area contributed by atoms with Crippen molar-refractivity contribution >= 4 is 5.69 Å². The standard InChI is InChI=1S/C11H13N3/c1-14(10-3-2-4-10)11-5-6-13-9(7-11)8-12/h5-7,10H,2-4H2,1H3. The van der Waals surface area contributed by atoms with Crippen molar-refractivity contribution < 1.29 is 0 Å². The van der Waals surface area contributed by atoms with Crippen LogP contribution < -0.4 is 4.90 Å². The third-order valence-electron chi connectivity index (χ3n) is 2.89. The summed E-state index contributed by atoms with van der Waals surface area (Å²) >= 11 is 0. The van der Waals surface area contributed by atoms with E-state index in [1.54, 1.807) is 6.20 Å². The van der Waals surface area contributed by atoms with E-state index in [0.29, 0.717) is 11.7 Å². The molecule has 2 rings (SSSR count). The Kier molecular flexibility index (Phi) is 2.36. The first-order chi connectivity index (χ1) is 6.81. The molecule has 0 atom stereocenters. The topological polar surface area (TPSA) is 39.9 Å². The molecule has 3 heteroatoms. The second kappa shape index (κ2) is 3.67. The second-order valence-electron chi connectivity index (χ2n) is 3.71. The van der Waals surface area contributed by atoms with E-state index < -0.39 is 0 Å². The summed E-state index contributed by atoms with van der Waals surface area (Å²) in [5, 5.41) is 8.72. The molecule has 1 aromatic heterocycles. The number of hydrogen-bond donors (Lipinski definition) is 0. The van der Waals surface area contributed by atoms with Crippen molar-refractivity contribution in [1.29, 1.82) is 5.26 Å². The maximum Gasteiger partial charge on any atom is 0.142 e. The minimum atomic E-state index is 0.494. The quantitative estimate of drug-likeness (QED) is 0.710. The second-order valence-corrected chi connectivity index (χ2v) is 3.71. The Balaban J connectivity index is 2.18. The van der Waals surface area contributed by atoms with Crippen molar-refractivity contribution in [3.63, 3.8) is 0 Å². The predicted octanol–water partition coefficient (Wildman–Crippen LogP) is 1.94. The molecule has 1 heterocycles. The summed E-state index contributed by atoms with van der Waals surface area (Å²) in [6.45, 7) is 0. The molecule has 1 aliphatic rings. The summed E-state index contributed by atoms with van der Waals surface area (Å²) in [4.78, 5) is 6.20. The fourth-order valence-electron chi connectivity index (χ4n) is 1.68. The van der Waals surface area contributed by atoms with Crippen LogP contribution in [-0.4, -0.2) is 18.1 Å². The van der Waals surface area contributed by atoms with Gasteiger partial charge in [-0.05, 0) is 31.4 Å². The Morgan fingerprint density at radius 1 is 1.57 bits per heavy atom. The van der Waals surface area contributed by atoms with Crippen LogP contribution in [0.15, 0.2) is 18.3 Å². The first kappa shape index (κ1) is 9.01. The third-order valence-corrected chi connectivity index (χ3v) is 2.89. The van der Waals surface area contributed by atoms with Gasteiger partial charge in [0.25, 0.3) is 0 Å². The van der Waals surface area contributed by atoms with Crippen LogP contribution in [0.25, 0.3) is 0 Å². The fraction of sp³-hybridized carbons (Fsp3) is 0.455. The molecule has 0 amide bonds. The summed E-state index contributed by atoms with van der Waals surface area (Å²) in [7, 11) is 2.08. The maximum atomic E-state index is 8.72. The molecule has 3 nitrogen and oxygen atoms in total. The summed E-state index contributed by atoms with van der Waals surface area (Å²) in [6, 6.07) is 6.52. The van der Waals surface area contributed by atoms with Gasteiger partial charge in [-0.15, -0.1) is 0 Å². The summed E-state index contributed by atoms with van der Waals surface area (Å²) in [5.41, 5.74) is 1.59. The molecule has 1 fully saturated rings. The number of rotatable bonds is 2. The molecule has 0 radical (unpaired) electrons. The van der Waals surface area contributed by atoms with Gasteiger partial charge in [-0.2, -0.15) is 5.26 Å². The smallest absolute Gasteiger partial charge is 0.142 e. The number of aromatic nitrogens is 1. The van der Waals surface area contributed by atoms with E-state index >= 15 is 0 Å². The van der Waals surface area contributed by atoms with Crippen molar-refractivity contribution in [2.24, 2.45) is 0 Å². The van der Waals surface area contributed by atoms with Gasteiger partial charge in [0.2, 0.25) is 0 Å². The number of anilines is 1. The van der Waals surface area contributed by atoms with Crippen LogP contribution in [0.1, 0.15) is 25.0 Å². The van der Waals surface area contributed by atoms with Crippen LogP contribution in [0.4, 0.5) is 5.69 Å². The van der Waals surface area contributed by atoms with Crippen LogP contribution in [0, 0.1) is 11.3 Å². The van der Waals surface area contributed by atoms with Gasteiger partial charge in [-0.3, -0.25) is 0 Å². The lowest BCUT2D eigenvalue weighted by Crippen LogP contribution is -2.37. The average molecular weight is 187 g/mol. The van der Waals surface area contributed by atoms with Crippen molar-refractivity contribution in [3.05, 3.63) is 24.0 Å². The first-order valence-corrected chi connectivity index (χ1v) is 4.90. The Hall–Kier alpha value is -1.56. The highest BCUT2D eigenvalue weighted by atomic mass is 15.1. The van der Waals surface area contributed by atoms with E-state index in [0.717, 1.165) is 5.69 Å². The highest BCUT2D eigenvalue weighted by molar-refractivity contribution is 5.49. The van der Waals surface area contributed by atoms with Gasteiger partial charge in [0.1, 0.15) is 11.8 Å². The minimum absolute atomic E-state index is 0.494. The molecule has 0 aromatic carbocycles. The lowest BCUT2D eigenvalue weighted by Gasteiger charge is -2.36. The van der Waals surface area contributed by atoms with Crippen molar-refractivity contribution in [3.8, 4) is 6.07 Å². The molecule has 0 N–H and O–H groups in total. The van der Waals surface area contributed by atoms with Crippen molar-refractivity contribution in [2.45, 2.75) is 25.3 Å². The fourth-order valence-corrected chi connectivity index (χ4v) is 1.68. The number of nitrogens with zero attached hydrogens (tertiary/aromatic N) is 3. The molecule has 14 heavy (non-hydrogen) atoms. The van der Waals surface area contributed by atoms with Crippen LogP contribution >= 0.6 is 0 Å². The van der Waals surface area contributed by atoms with E-state index in [9.17, 15) is 0 Å². The van der Waals surface area contributed by atoms with Gasteiger partial charge in [0, 0.05) is 25.0 Å². The predicted molar refractivity (Wildman–Crippen MR) is 55.0 cm³/mol. The van der Waals surface area contributed by atoms with Gasteiger partial charge in [0.15, 0.2) is 0 Å². The molecule has 0 bridgehead atoms. The number of pyridine rings is 1. The Morgan fingerprint density at radius 2 is 2.36 bits per heavy atom. The van der Waals surface area contributed by atoms with Gasteiger partial charge >= 0.3 is 0 Å². The van der Waals surface area contributed by atoms with E-state index in [1.807, 2.05) is 12.1 Å². The summed E-state index contributed by atoms with van der Waals surface area (Å²) < 4.78 is 0. The zero-order valence-electron chi connectivity index (χ0n) is 8.27. The SMILES string of the molecule is CN(c1ccnc(C#N)c1)C1CCC1. The zero-order valence-corrected chi connectivity index (χ0v) is 8.27. The largest absolute Gasteiger partial charge is 0.371 e. The highest BCUT2D eigenvalue weighted by Crippen LogP contribution is 2.27. The Bertz CT molecular complexity index is 363. The van der Waals surface area contributed by atoms with Gasteiger partial charge in [-0.1, -0.05) is 0 Å². The molecule has 72 valence electrons. The van der Waals surface area contributed by atoms with E-state index in [-0.39, 0.29) is 0 Å². The zero-order chi connectivity index (χ0) is 9.97. The van der Waals surface area contributed by atoms with Gasteiger partial charge in [-0.25, -0.2) is 4.98 Å². The normalized spacial score (nSPS) is 15.7. The average Bonchev–Trinajstić information content (AvgIpc) is 2.15.